The Morgan fingerprint density at radius 3 is 2.45 bits per heavy atom. The van der Waals surface area contributed by atoms with Crippen LogP contribution >= 0.6 is 0 Å². The molecule has 1 N–H and O–H groups in total. The van der Waals surface area contributed by atoms with Crippen LogP contribution < -0.4 is 10.2 Å². The van der Waals surface area contributed by atoms with Crippen LogP contribution in [0.15, 0.2) is 54.7 Å². The maximum Gasteiger partial charge on any atom is 0.414 e. The minimum absolute atomic E-state index is 0.314. The Morgan fingerprint density at radius 2 is 1.74 bits per heavy atom. The van der Waals surface area contributed by atoms with Crippen molar-refractivity contribution in [3.05, 3.63) is 54.7 Å². The highest BCUT2D eigenvalue weighted by atomic mass is 16.6. The lowest BCUT2D eigenvalue weighted by atomic mass is 10.0. The van der Waals surface area contributed by atoms with Crippen LogP contribution in [0.5, 0.6) is 0 Å². The second kappa shape index (κ2) is 8.10. The van der Waals surface area contributed by atoms with Gasteiger partial charge in [0.15, 0.2) is 0 Å². The van der Waals surface area contributed by atoms with Crippen LogP contribution in [0.1, 0.15) is 33.6 Å². The number of ether oxygens (including phenoxy) is 1. The Bertz CT molecular complexity index is 1110. The van der Waals surface area contributed by atoms with E-state index in [2.05, 4.69) is 57.4 Å². The molecule has 4 rings (SSSR count). The molecule has 0 bridgehead atoms. The van der Waals surface area contributed by atoms with E-state index in [0.717, 1.165) is 29.8 Å². The third kappa shape index (κ3) is 4.58. The topological polar surface area (TPSA) is 63.6 Å². The maximum atomic E-state index is 12.7. The third-order valence-electron chi connectivity index (χ3n) is 5.60. The normalized spacial score (nSPS) is 16.5. The summed E-state index contributed by atoms with van der Waals surface area (Å²) in [6.45, 7) is 6.10. The number of alkyl carbamates (subject to hydrolysis) is 1. The van der Waals surface area contributed by atoms with E-state index in [-0.39, 0.29) is 11.9 Å². The molecule has 1 atom stereocenters. The van der Waals surface area contributed by atoms with E-state index < -0.39 is 11.7 Å². The van der Waals surface area contributed by atoms with Crippen LogP contribution in [0.25, 0.3) is 22.0 Å². The number of carbonyl (C=O) groups excluding carboxylic acids is 2. The molecule has 1 aliphatic heterocycles. The largest absolute Gasteiger partial charge is 0.444 e. The van der Waals surface area contributed by atoms with Crippen molar-refractivity contribution < 1.29 is 14.3 Å². The van der Waals surface area contributed by atoms with Gasteiger partial charge in [-0.2, -0.15) is 0 Å². The molecule has 162 valence electrons. The molecule has 1 fully saturated rings. The molecule has 0 radical (unpaired) electrons. The van der Waals surface area contributed by atoms with E-state index in [4.69, 9.17) is 4.74 Å². The highest BCUT2D eigenvalue weighted by Gasteiger charge is 2.32. The van der Waals surface area contributed by atoms with E-state index in [1.807, 2.05) is 19.2 Å². The van der Waals surface area contributed by atoms with Gasteiger partial charge in [-0.3, -0.25) is 10.1 Å². The summed E-state index contributed by atoms with van der Waals surface area (Å²) in [5.74, 6) is -0.314. The highest BCUT2D eigenvalue weighted by molar-refractivity contribution is 5.97. The molecule has 0 saturated carbocycles. The fourth-order valence-corrected chi connectivity index (χ4v) is 4.14. The molecule has 2 heterocycles. The van der Waals surface area contributed by atoms with Gasteiger partial charge in [0.1, 0.15) is 11.6 Å². The average Bonchev–Trinajstić information content (AvgIpc) is 3.34. The zero-order chi connectivity index (χ0) is 22.2. The van der Waals surface area contributed by atoms with Gasteiger partial charge in [0.05, 0.1) is 0 Å². The first-order valence-electron chi connectivity index (χ1n) is 10.7. The molecular weight excluding hydrogens is 390 g/mol. The van der Waals surface area contributed by atoms with Crippen LogP contribution in [0.2, 0.25) is 0 Å². The van der Waals surface area contributed by atoms with E-state index in [1.54, 1.807) is 20.8 Å². The molecule has 6 heteroatoms. The SMILES string of the molecule is Cn1ccc2cc(-c3ccc(N4CCC[C@@H]4C(=O)NC(=O)OC(C)(C)C)cc3)ccc21. The number of imide groups is 1. The van der Waals surface area contributed by atoms with Gasteiger partial charge in [-0.15, -0.1) is 0 Å². The number of hydrogen-bond acceptors (Lipinski definition) is 4. The first-order valence-corrected chi connectivity index (χ1v) is 10.7. The summed E-state index contributed by atoms with van der Waals surface area (Å²) < 4.78 is 7.32. The van der Waals surface area contributed by atoms with Gasteiger partial charge >= 0.3 is 6.09 Å². The highest BCUT2D eigenvalue weighted by Crippen LogP contribution is 2.30. The lowest BCUT2D eigenvalue weighted by Crippen LogP contribution is -2.47. The lowest BCUT2D eigenvalue weighted by molar-refractivity contribution is -0.121. The van der Waals surface area contributed by atoms with Gasteiger partial charge in [-0.25, -0.2) is 4.79 Å². The van der Waals surface area contributed by atoms with Crippen LogP contribution in [0.3, 0.4) is 0 Å². The molecule has 2 amide bonds. The quantitative estimate of drug-likeness (QED) is 0.658. The molecule has 0 aliphatic carbocycles. The molecular formula is C25H29N3O3. The van der Waals surface area contributed by atoms with Crippen LogP contribution in [-0.4, -0.2) is 34.8 Å². The van der Waals surface area contributed by atoms with Crippen LogP contribution in [0.4, 0.5) is 10.5 Å². The standard InChI is InChI=1S/C25H29N3O3/c1-25(2,3)31-24(30)26-23(29)22-6-5-14-28(22)20-10-7-17(8-11-20)18-9-12-21-19(16-18)13-15-27(21)4/h7-13,15-16,22H,5-6,14H2,1-4H3,(H,26,29,30)/t22-/m1/s1. The number of hydrogen-bond donors (Lipinski definition) is 1. The minimum atomic E-state index is -0.698. The van der Waals surface area contributed by atoms with E-state index in [0.29, 0.717) is 6.42 Å². The second-order valence-corrected chi connectivity index (χ2v) is 9.09. The smallest absolute Gasteiger partial charge is 0.414 e. The molecule has 31 heavy (non-hydrogen) atoms. The number of rotatable bonds is 3. The van der Waals surface area contributed by atoms with Crippen molar-refractivity contribution in [1.82, 2.24) is 9.88 Å². The zero-order valence-corrected chi connectivity index (χ0v) is 18.5. The van der Waals surface area contributed by atoms with E-state index >= 15 is 0 Å². The number of aryl methyl sites for hydroxylation is 1. The van der Waals surface area contributed by atoms with Gasteiger partial charge in [0.2, 0.25) is 0 Å². The lowest BCUT2D eigenvalue weighted by Gasteiger charge is -2.26. The first kappa shape index (κ1) is 21.0. The van der Waals surface area contributed by atoms with Crippen molar-refractivity contribution in [3.63, 3.8) is 0 Å². The Balaban J connectivity index is 1.48. The number of aromatic nitrogens is 1. The molecule has 6 nitrogen and oxygen atoms in total. The first-order chi connectivity index (χ1) is 14.7. The monoisotopic (exact) mass is 419 g/mol. The summed E-state index contributed by atoms with van der Waals surface area (Å²) in [6, 6.07) is 16.5. The summed E-state index contributed by atoms with van der Waals surface area (Å²) >= 11 is 0. The van der Waals surface area contributed by atoms with Crippen LogP contribution in [0, 0.1) is 0 Å². The van der Waals surface area contributed by atoms with E-state index in [9.17, 15) is 9.59 Å². The Kier molecular flexibility index (Phi) is 5.48. The van der Waals surface area contributed by atoms with Crippen molar-refractivity contribution in [2.24, 2.45) is 7.05 Å². The predicted octanol–water partition coefficient (Wildman–Crippen LogP) is 4.87. The van der Waals surface area contributed by atoms with Gasteiger partial charge in [-0.1, -0.05) is 18.2 Å². The maximum absolute atomic E-state index is 12.7. The number of carbonyl (C=O) groups is 2. The zero-order valence-electron chi connectivity index (χ0n) is 18.5. The van der Waals surface area contributed by atoms with Crippen molar-refractivity contribution >= 4 is 28.6 Å². The molecule has 2 aromatic carbocycles. The minimum Gasteiger partial charge on any atom is -0.444 e. The molecule has 0 unspecified atom stereocenters. The second-order valence-electron chi connectivity index (χ2n) is 9.09. The van der Waals surface area contributed by atoms with Crippen molar-refractivity contribution in [3.8, 4) is 11.1 Å². The molecule has 1 aliphatic rings. The van der Waals surface area contributed by atoms with Crippen molar-refractivity contribution in [1.29, 1.82) is 0 Å². The van der Waals surface area contributed by atoms with Gasteiger partial charge in [-0.05, 0) is 75.1 Å². The van der Waals surface area contributed by atoms with Crippen LogP contribution in [-0.2, 0) is 16.6 Å². The summed E-state index contributed by atoms with van der Waals surface area (Å²) in [6.07, 6.45) is 2.98. The van der Waals surface area contributed by atoms with E-state index in [1.165, 1.54) is 10.9 Å². The third-order valence-corrected chi connectivity index (χ3v) is 5.60. The van der Waals surface area contributed by atoms with Crippen molar-refractivity contribution in [2.45, 2.75) is 45.3 Å². The summed E-state index contributed by atoms with van der Waals surface area (Å²) in [7, 11) is 2.04. The summed E-state index contributed by atoms with van der Waals surface area (Å²) in [4.78, 5) is 26.7. The molecule has 0 spiro atoms. The number of anilines is 1. The van der Waals surface area contributed by atoms with Gasteiger partial charge in [0.25, 0.3) is 5.91 Å². The fourth-order valence-electron chi connectivity index (χ4n) is 4.14. The summed E-state index contributed by atoms with van der Waals surface area (Å²) in [5.41, 5.74) is 3.83. The Labute approximate surface area is 182 Å². The predicted molar refractivity (Wildman–Crippen MR) is 123 cm³/mol. The summed E-state index contributed by atoms with van der Waals surface area (Å²) in [5, 5.41) is 3.60. The average molecular weight is 420 g/mol. The number of fused-ring (bicyclic) bond motifs is 1. The molecule has 1 saturated heterocycles. The Morgan fingerprint density at radius 1 is 1.03 bits per heavy atom. The number of nitrogens with zero attached hydrogens (tertiary/aromatic N) is 2. The van der Waals surface area contributed by atoms with Crippen molar-refractivity contribution in [2.75, 3.05) is 11.4 Å². The van der Waals surface area contributed by atoms with Gasteiger partial charge in [0, 0.05) is 36.4 Å². The Hall–Kier alpha value is -3.28. The molecule has 1 aromatic heterocycles. The molecule has 3 aromatic rings. The number of amides is 2. The number of nitrogens with one attached hydrogen (secondary N) is 1. The number of benzene rings is 2. The van der Waals surface area contributed by atoms with Gasteiger partial charge < -0.3 is 14.2 Å². The fraction of sp³-hybridized carbons (Fsp3) is 0.360.